The molecule has 0 aromatic carbocycles. The first-order chi connectivity index (χ1) is 7.76. The van der Waals surface area contributed by atoms with Crippen LogP contribution >= 0.6 is 11.8 Å². The van der Waals surface area contributed by atoms with Crippen LogP contribution in [0.15, 0.2) is 18.5 Å². The van der Waals surface area contributed by atoms with Gasteiger partial charge in [0.05, 0.1) is 23.8 Å². The Kier molecular flexibility index (Phi) is 6.08. The Morgan fingerprint density at radius 3 is 2.81 bits per heavy atom. The lowest BCUT2D eigenvalue weighted by molar-refractivity contribution is 0.771. The standard InChI is InChI=1S/C12H21N3S/c1-4-16-6-5-10(2)15-12-7-11(13-3)8-14-9-12/h7-10,13,15H,4-6H2,1-3H3. The zero-order valence-corrected chi connectivity index (χ0v) is 11.1. The van der Waals surface area contributed by atoms with Crippen LogP contribution in [0.3, 0.4) is 0 Å². The van der Waals surface area contributed by atoms with Crippen molar-refractivity contribution in [1.29, 1.82) is 0 Å². The van der Waals surface area contributed by atoms with E-state index in [2.05, 4.69) is 35.5 Å². The molecule has 3 nitrogen and oxygen atoms in total. The maximum Gasteiger partial charge on any atom is 0.0549 e. The van der Waals surface area contributed by atoms with Crippen molar-refractivity contribution >= 4 is 23.1 Å². The second-order valence-corrected chi connectivity index (χ2v) is 5.14. The van der Waals surface area contributed by atoms with Crippen LogP contribution in [-0.4, -0.2) is 29.6 Å². The molecular formula is C12H21N3S. The van der Waals surface area contributed by atoms with Gasteiger partial charge in [0.15, 0.2) is 0 Å². The Balaban J connectivity index is 2.39. The van der Waals surface area contributed by atoms with Gasteiger partial charge in [-0.3, -0.25) is 4.98 Å². The van der Waals surface area contributed by atoms with Crippen LogP contribution in [0.1, 0.15) is 20.3 Å². The molecule has 0 spiro atoms. The van der Waals surface area contributed by atoms with Crippen molar-refractivity contribution in [2.24, 2.45) is 0 Å². The smallest absolute Gasteiger partial charge is 0.0549 e. The highest BCUT2D eigenvalue weighted by Gasteiger charge is 2.02. The average Bonchev–Trinajstić information content (AvgIpc) is 2.29. The Labute approximate surface area is 102 Å². The van der Waals surface area contributed by atoms with Crippen LogP contribution in [-0.2, 0) is 0 Å². The molecule has 0 amide bonds. The average molecular weight is 239 g/mol. The van der Waals surface area contributed by atoms with Gasteiger partial charge in [0.2, 0.25) is 0 Å². The molecule has 1 atom stereocenters. The number of anilines is 2. The Hall–Kier alpha value is -0.900. The van der Waals surface area contributed by atoms with Crippen molar-refractivity contribution < 1.29 is 0 Å². The molecule has 0 bridgehead atoms. The molecule has 1 heterocycles. The number of hydrogen-bond acceptors (Lipinski definition) is 4. The third-order valence-corrected chi connectivity index (χ3v) is 3.27. The van der Waals surface area contributed by atoms with Crippen molar-refractivity contribution in [3.05, 3.63) is 18.5 Å². The first-order valence-electron chi connectivity index (χ1n) is 5.73. The maximum atomic E-state index is 4.17. The van der Waals surface area contributed by atoms with Gasteiger partial charge in [-0.25, -0.2) is 0 Å². The van der Waals surface area contributed by atoms with E-state index in [4.69, 9.17) is 0 Å². The van der Waals surface area contributed by atoms with Crippen LogP contribution in [0.4, 0.5) is 11.4 Å². The van der Waals surface area contributed by atoms with E-state index in [0.29, 0.717) is 6.04 Å². The second kappa shape index (κ2) is 7.39. The summed E-state index contributed by atoms with van der Waals surface area (Å²) in [6, 6.07) is 2.57. The Morgan fingerprint density at radius 2 is 2.12 bits per heavy atom. The van der Waals surface area contributed by atoms with E-state index in [-0.39, 0.29) is 0 Å². The summed E-state index contributed by atoms with van der Waals surface area (Å²) < 4.78 is 0. The highest BCUT2D eigenvalue weighted by atomic mass is 32.2. The van der Waals surface area contributed by atoms with Gasteiger partial charge >= 0.3 is 0 Å². The van der Waals surface area contributed by atoms with Crippen molar-refractivity contribution in [2.75, 3.05) is 29.2 Å². The quantitative estimate of drug-likeness (QED) is 0.717. The molecule has 1 rings (SSSR count). The molecular weight excluding hydrogens is 218 g/mol. The number of rotatable bonds is 7. The van der Waals surface area contributed by atoms with Gasteiger partial charge in [0.25, 0.3) is 0 Å². The fraction of sp³-hybridized carbons (Fsp3) is 0.583. The largest absolute Gasteiger partial charge is 0.387 e. The predicted octanol–water partition coefficient (Wildman–Crippen LogP) is 3.07. The molecule has 16 heavy (non-hydrogen) atoms. The van der Waals surface area contributed by atoms with E-state index in [0.717, 1.165) is 11.4 Å². The molecule has 90 valence electrons. The topological polar surface area (TPSA) is 37.0 Å². The van der Waals surface area contributed by atoms with Crippen molar-refractivity contribution in [2.45, 2.75) is 26.3 Å². The minimum atomic E-state index is 0.493. The summed E-state index contributed by atoms with van der Waals surface area (Å²) in [5.41, 5.74) is 2.13. The lowest BCUT2D eigenvalue weighted by Gasteiger charge is -2.15. The fourth-order valence-corrected chi connectivity index (χ4v) is 2.23. The first-order valence-corrected chi connectivity index (χ1v) is 6.88. The summed E-state index contributed by atoms with van der Waals surface area (Å²) in [6.07, 6.45) is 4.87. The number of hydrogen-bond donors (Lipinski definition) is 2. The first kappa shape index (κ1) is 13.2. The van der Waals surface area contributed by atoms with E-state index < -0.39 is 0 Å². The third-order valence-electron chi connectivity index (χ3n) is 2.34. The van der Waals surface area contributed by atoms with Gasteiger partial charge in [-0.2, -0.15) is 11.8 Å². The monoisotopic (exact) mass is 239 g/mol. The van der Waals surface area contributed by atoms with Crippen molar-refractivity contribution in [3.63, 3.8) is 0 Å². The van der Waals surface area contributed by atoms with E-state index >= 15 is 0 Å². The van der Waals surface area contributed by atoms with E-state index in [1.807, 2.05) is 31.2 Å². The van der Waals surface area contributed by atoms with Crippen LogP contribution in [0.25, 0.3) is 0 Å². The molecule has 0 radical (unpaired) electrons. The van der Waals surface area contributed by atoms with Crippen LogP contribution in [0.2, 0.25) is 0 Å². The van der Waals surface area contributed by atoms with Crippen LogP contribution in [0, 0.1) is 0 Å². The third kappa shape index (κ3) is 4.75. The highest BCUT2D eigenvalue weighted by Crippen LogP contribution is 2.14. The molecule has 0 aliphatic rings. The van der Waals surface area contributed by atoms with Gasteiger partial charge in [0.1, 0.15) is 0 Å². The Bertz CT molecular complexity index is 304. The Morgan fingerprint density at radius 1 is 1.38 bits per heavy atom. The highest BCUT2D eigenvalue weighted by molar-refractivity contribution is 7.99. The predicted molar refractivity (Wildman–Crippen MR) is 74.5 cm³/mol. The molecule has 0 saturated heterocycles. The number of pyridine rings is 1. The normalized spacial score (nSPS) is 12.2. The van der Waals surface area contributed by atoms with Crippen molar-refractivity contribution in [1.82, 2.24) is 4.98 Å². The molecule has 0 aliphatic carbocycles. The molecule has 2 N–H and O–H groups in total. The zero-order chi connectivity index (χ0) is 11.8. The number of nitrogens with zero attached hydrogens (tertiary/aromatic N) is 1. The van der Waals surface area contributed by atoms with E-state index in [9.17, 15) is 0 Å². The molecule has 1 unspecified atom stereocenters. The van der Waals surface area contributed by atoms with E-state index in [1.165, 1.54) is 17.9 Å². The summed E-state index contributed by atoms with van der Waals surface area (Å²) in [5, 5.41) is 6.55. The van der Waals surface area contributed by atoms with Crippen LogP contribution in [0.5, 0.6) is 0 Å². The van der Waals surface area contributed by atoms with E-state index in [1.54, 1.807) is 0 Å². The summed E-state index contributed by atoms with van der Waals surface area (Å²) in [4.78, 5) is 4.17. The maximum absolute atomic E-state index is 4.17. The molecule has 1 aromatic heterocycles. The summed E-state index contributed by atoms with van der Waals surface area (Å²) in [6.45, 7) is 4.41. The van der Waals surface area contributed by atoms with Gasteiger partial charge < -0.3 is 10.6 Å². The summed E-state index contributed by atoms with van der Waals surface area (Å²) in [7, 11) is 1.90. The number of aromatic nitrogens is 1. The minimum absolute atomic E-state index is 0.493. The van der Waals surface area contributed by atoms with Gasteiger partial charge in [-0.1, -0.05) is 6.92 Å². The molecule has 0 saturated carbocycles. The molecule has 0 aliphatic heterocycles. The second-order valence-electron chi connectivity index (χ2n) is 3.74. The van der Waals surface area contributed by atoms with Crippen molar-refractivity contribution in [3.8, 4) is 0 Å². The van der Waals surface area contributed by atoms with Gasteiger partial charge in [0, 0.05) is 13.1 Å². The SMILES string of the molecule is CCSCCC(C)Nc1cncc(NC)c1. The van der Waals surface area contributed by atoms with Gasteiger partial charge in [-0.15, -0.1) is 0 Å². The molecule has 0 fully saturated rings. The summed E-state index contributed by atoms with van der Waals surface area (Å²) >= 11 is 1.99. The lowest BCUT2D eigenvalue weighted by atomic mass is 10.2. The van der Waals surface area contributed by atoms with Crippen LogP contribution < -0.4 is 10.6 Å². The molecule has 4 heteroatoms. The fourth-order valence-electron chi connectivity index (χ4n) is 1.42. The zero-order valence-electron chi connectivity index (χ0n) is 10.3. The number of nitrogens with one attached hydrogen (secondary N) is 2. The number of thioether (sulfide) groups is 1. The molecule has 1 aromatic rings. The lowest BCUT2D eigenvalue weighted by Crippen LogP contribution is -2.16. The van der Waals surface area contributed by atoms with Gasteiger partial charge in [-0.05, 0) is 30.9 Å². The minimum Gasteiger partial charge on any atom is -0.387 e. The summed E-state index contributed by atoms with van der Waals surface area (Å²) in [5.74, 6) is 2.41.